The molecule has 1 unspecified atom stereocenters. The first-order chi connectivity index (χ1) is 10.0. The lowest BCUT2D eigenvalue weighted by Crippen LogP contribution is -2.43. The monoisotopic (exact) mass is 303 g/mol. The second-order valence-corrected chi connectivity index (χ2v) is 6.80. The minimum absolute atomic E-state index is 0.185. The molecular weight excluding hydrogens is 282 g/mol. The molecule has 21 heavy (non-hydrogen) atoms. The van der Waals surface area contributed by atoms with Crippen molar-refractivity contribution in [3.8, 4) is 0 Å². The van der Waals surface area contributed by atoms with Gasteiger partial charge in [-0.15, -0.1) is 0 Å². The van der Waals surface area contributed by atoms with Crippen LogP contribution in [0.15, 0.2) is 30.5 Å². The summed E-state index contributed by atoms with van der Waals surface area (Å²) in [5.74, 6) is 0. The van der Waals surface area contributed by atoms with Crippen molar-refractivity contribution in [1.29, 1.82) is 0 Å². The topological polar surface area (TPSA) is 42.1 Å². The molecule has 2 N–H and O–H groups in total. The van der Waals surface area contributed by atoms with E-state index in [1.165, 1.54) is 18.4 Å². The molecule has 0 spiro atoms. The first-order valence-corrected chi connectivity index (χ1v) is 7.92. The normalized spacial score (nSPS) is 20.0. The van der Waals surface area contributed by atoms with Gasteiger partial charge in [-0.1, -0.05) is 17.7 Å². The molecule has 112 valence electrons. The molecule has 1 fully saturated rings. The number of likely N-dealkylation sites (tertiary alicyclic amines) is 1. The van der Waals surface area contributed by atoms with Crippen molar-refractivity contribution >= 4 is 22.5 Å². The zero-order valence-electron chi connectivity index (χ0n) is 12.6. The van der Waals surface area contributed by atoms with E-state index in [9.17, 15) is 0 Å². The van der Waals surface area contributed by atoms with Crippen LogP contribution in [0.5, 0.6) is 0 Å². The van der Waals surface area contributed by atoms with Gasteiger partial charge < -0.3 is 5.73 Å². The number of hydrogen-bond acceptors (Lipinski definition) is 3. The fourth-order valence-corrected chi connectivity index (χ4v) is 3.77. The summed E-state index contributed by atoms with van der Waals surface area (Å²) in [7, 11) is 0. The van der Waals surface area contributed by atoms with Crippen LogP contribution in [0.4, 0.5) is 0 Å². The summed E-state index contributed by atoms with van der Waals surface area (Å²) in [6.07, 6.45) is 4.26. The predicted molar refractivity (Wildman–Crippen MR) is 88.6 cm³/mol. The quantitative estimate of drug-likeness (QED) is 0.938. The van der Waals surface area contributed by atoms with Crippen molar-refractivity contribution in [2.75, 3.05) is 13.1 Å². The number of nitrogens with two attached hydrogens (primary N) is 1. The third kappa shape index (κ3) is 2.54. The summed E-state index contributed by atoms with van der Waals surface area (Å²) in [5.41, 5.74) is 8.48. The smallest absolute Gasteiger partial charge is 0.0765 e. The summed E-state index contributed by atoms with van der Waals surface area (Å²) < 4.78 is 0. The van der Waals surface area contributed by atoms with Crippen LogP contribution in [0.25, 0.3) is 10.9 Å². The average molecular weight is 304 g/mol. The van der Waals surface area contributed by atoms with E-state index in [1.807, 2.05) is 24.4 Å². The number of benzene rings is 1. The van der Waals surface area contributed by atoms with Gasteiger partial charge in [0, 0.05) is 34.7 Å². The van der Waals surface area contributed by atoms with E-state index in [0.717, 1.165) is 22.5 Å². The molecule has 1 aromatic heterocycles. The summed E-state index contributed by atoms with van der Waals surface area (Å²) in [6.45, 7) is 6.28. The molecule has 2 heterocycles. The number of rotatable bonds is 3. The van der Waals surface area contributed by atoms with Crippen molar-refractivity contribution in [2.24, 2.45) is 5.73 Å². The second-order valence-electron chi connectivity index (χ2n) is 6.40. The molecule has 0 amide bonds. The Labute approximate surface area is 131 Å². The van der Waals surface area contributed by atoms with E-state index >= 15 is 0 Å². The summed E-state index contributed by atoms with van der Waals surface area (Å²) in [4.78, 5) is 7.08. The van der Waals surface area contributed by atoms with Gasteiger partial charge in [0.2, 0.25) is 0 Å². The molecule has 1 aliphatic heterocycles. The van der Waals surface area contributed by atoms with Gasteiger partial charge in [-0.3, -0.25) is 9.88 Å². The summed E-state index contributed by atoms with van der Waals surface area (Å²) in [5, 5.41) is 1.76. The van der Waals surface area contributed by atoms with Crippen LogP contribution in [-0.4, -0.2) is 28.5 Å². The minimum Gasteiger partial charge on any atom is -0.329 e. The maximum atomic E-state index is 6.31. The van der Waals surface area contributed by atoms with Gasteiger partial charge >= 0.3 is 0 Å². The van der Waals surface area contributed by atoms with E-state index in [4.69, 9.17) is 17.3 Å². The van der Waals surface area contributed by atoms with Crippen LogP contribution in [0.3, 0.4) is 0 Å². The molecular formula is C17H22ClN3. The third-order valence-electron chi connectivity index (χ3n) is 4.67. The lowest BCUT2D eigenvalue weighted by molar-refractivity contribution is 0.120. The van der Waals surface area contributed by atoms with Gasteiger partial charge in [0.1, 0.15) is 0 Å². The Bertz CT molecular complexity index is 654. The number of pyridine rings is 1. The molecule has 1 aliphatic rings. The van der Waals surface area contributed by atoms with Crippen molar-refractivity contribution in [3.63, 3.8) is 0 Å². The number of fused-ring (bicyclic) bond motifs is 1. The van der Waals surface area contributed by atoms with Crippen LogP contribution in [0.2, 0.25) is 5.02 Å². The second kappa shape index (κ2) is 5.56. The standard InChI is InChI=1S/C17H22ClN3/c1-17(2)8-4-10-21(17)15(11-19)13-6-7-14(18)12-5-3-9-20-16(12)13/h3,5-7,9,15H,4,8,10-11,19H2,1-2H3. The van der Waals surface area contributed by atoms with Crippen LogP contribution < -0.4 is 5.73 Å². The number of nitrogens with zero attached hydrogens (tertiary/aromatic N) is 2. The van der Waals surface area contributed by atoms with Crippen LogP contribution in [-0.2, 0) is 0 Å². The fraction of sp³-hybridized carbons (Fsp3) is 0.471. The molecule has 4 heteroatoms. The van der Waals surface area contributed by atoms with Gasteiger partial charge in [-0.05, 0) is 57.0 Å². The molecule has 3 rings (SSSR count). The number of hydrogen-bond donors (Lipinski definition) is 1. The summed E-state index contributed by atoms with van der Waals surface area (Å²) >= 11 is 6.31. The first kappa shape index (κ1) is 14.8. The maximum absolute atomic E-state index is 6.31. The van der Waals surface area contributed by atoms with Crippen molar-refractivity contribution in [3.05, 3.63) is 41.0 Å². The Morgan fingerprint density at radius 2 is 2.19 bits per heavy atom. The molecule has 3 nitrogen and oxygen atoms in total. The van der Waals surface area contributed by atoms with Crippen LogP contribution in [0.1, 0.15) is 38.3 Å². The fourth-order valence-electron chi connectivity index (χ4n) is 3.56. The first-order valence-electron chi connectivity index (χ1n) is 7.54. The zero-order valence-corrected chi connectivity index (χ0v) is 13.4. The van der Waals surface area contributed by atoms with Gasteiger partial charge in [0.05, 0.1) is 5.52 Å². The molecule has 0 aliphatic carbocycles. The maximum Gasteiger partial charge on any atom is 0.0765 e. The highest BCUT2D eigenvalue weighted by molar-refractivity contribution is 6.35. The summed E-state index contributed by atoms with van der Waals surface area (Å²) in [6, 6.07) is 8.19. The number of aromatic nitrogens is 1. The van der Waals surface area contributed by atoms with Crippen LogP contribution in [0, 0.1) is 0 Å². The van der Waals surface area contributed by atoms with E-state index < -0.39 is 0 Å². The highest BCUT2D eigenvalue weighted by atomic mass is 35.5. The Morgan fingerprint density at radius 3 is 2.86 bits per heavy atom. The lowest BCUT2D eigenvalue weighted by atomic mass is 9.96. The van der Waals surface area contributed by atoms with Crippen molar-refractivity contribution in [1.82, 2.24) is 9.88 Å². The average Bonchev–Trinajstić information content (AvgIpc) is 2.82. The van der Waals surface area contributed by atoms with Gasteiger partial charge in [-0.25, -0.2) is 0 Å². The Hall–Kier alpha value is -1.16. The molecule has 1 saturated heterocycles. The molecule has 1 atom stereocenters. The Kier molecular flexibility index (Phi) is 3.91. The number of halogens is 1. The largest absolute Gasteiger partial charge is 0.329 e. The minimum atomic E-state index is 0.185. The van der Waals surface area contributed by atoms with E-state index in [2.05, 4.69) is 29.8 Å². The molecule has 0 radical (unpaired) electrons. The van der Waals surface area contributed by atoms with Gasteiger partial charge in [0.15, 0.2) is 0 Å². The SMILES string of the molecule is CC1(C)CCCN1C(CN)c1ccc(Cl)c2cccnc12. The van der Waals surface area contributed by atoms with E-state index in [1.54, 1.807) is 0 Å². The molecule has 2 aromatic rings. The van der Waals surface area contributed by atoms with E-state index in [0.29, 0.717) is 6.54 Å². The van der Waals surface area contributed by atoms with Crippen LogP contribution >= 0.6 is 11.6 Å². The lowest BCUT2D eigenvalue weighted by Gasteiger charge is -2.38. The van der Waals surface area contributed by atoms with Gasteiger partial charge in [0.25, 0.3) is 0 Å². The van der Waals surface area contributed by atoms with E-state index in [-0.39, 0.29) is 11.6 Å². The zero-order chi connectivity index (χ0) is 15.0. The highest BCUT2D eigenvalue weighted by Gasteiger charge is 2.37. The van der Waals surface area contributed by atoms with Gasteiger partial charge in [-0.2, -0.15) is 0 Å². The molecule has 0 bridgehead atoms. The third-order valence-corrected chi connectivity index (χ3v) is 5.00. The molecule has 0 saturated carbocycles. The van der Waals surface area contributed by atoms with Crippen molar-refractivity contribution < 1.29 is 0 Å². The predicted octanol–water partition coefficient (Wildman–Crippen LogP) is 3.76. The molecule has 1 aromatic carbocycles. The highest BCUT2D eigenvalue weighted by Crippen LogP contribution is 2.38. The Balaban J connectivity index is 2.12. The Morgan fingerprint density at radius 1 is 1.38 bits per heavy atom. The van der Waals surface area contributed by atoms with Crippen molar-refractivity contribution in [2.45, 2.75) is 38.3 Å².